The zero-order valence-electron chi connectivity index (χ0n) is 9.28. The molecule has 3 nitrogen and oxygen atoms in total. The molecule has 1 aromatic heterocycles. The minimum atomic E-state index is 0.641. The molecular weight excluding hydrogens is 278 g/mol. The third kappa shape index (κ3) is 1.93. The van der Waals surface area contributed by atoms with E-state index in [-0.39, 0.29) is 0 Å². The number of benzene rings is 1. The first-order valence-corrected chi connectivity index (χ1v) is 6.44. The Morgan fingerprint density at radius 3 is 2.88 bits per heavy atom. The van der Waals surface area contributed by atoms with Crippen molar-refractivity contribution < 1.29 is 0 Å². The maximum atomic E-state index is 5.99. The molecule has 3 rings (SSSR count). The number of fused-ring (bicyclic) bond motifs is 1. The molecule has 1 aromatic carbocycles. The zero-order valence-corrected chi connectivity index (χ0v) is 10.9. The van der Waals surface area contributed by atoms with Gasteiger partial charge in [0, 0.05) is 21.3 Å². The first-order valence-electron chi connectivity index (χ1n) is 5.65. The number of halogens is 1. The van der Waals surface area contributed by atoms with Crippen molar-refractivity contribution >= 4 is 21.7 Å². The van der Waals surface area contributed by atoms with Gasteiger partial charge in [-0.05, 0) is 31.4 Å². The van der Waals surface area contributed by atoms with E-state index in [1.807, 2.05) is 24.3 Å². The van der Waals surface area contributed by atoms with E-state index in [0.29, 0.717) is 5.82 Å². The standard InChI is InChI=1S/C13H12BrN3/c14-9-4-1-3-8(7-9)13-16-11-6-2-5-10(11)12(15)17-13/h1,3-4,7H,2,5-6H2,(H2,15,16,17). The fourth-order valence-corrected chi connectivity index (χ4v) is 2.62. The number of nitrogen functional groups attached to an aromatic ring is 1. The smallest absolute Gasteiger partial charge is 0.161 e. The molecule has 2 aromatic rings. The van der Waals surface area contributed by atoms with Gasteiger partial charge in [-0.1, -0.05) is 28.1 Å². The Kier molecular flexibility index (Phi) is 2.59. The second-order valence-corrected chi connectivity index (χ2v) is 5.14. The highest BCUT2D eigenvalue weighted by atomic mass is 79.9. The quantitative estimate of drug-likeness (QED) is 0.878. The van der Waals surface area contributed by atoms with Crippen molar-refractivity contribution in [2.75, 3.05) is 5.73 Å². The van der Waals surface area contributed by atoms with Crippen molar-refractivity contribution in [2.24, 2.45) is 0 Å². The molecule has 1 aliphatic rings. The summed E-state index contributed by atoms with van der Waals surface area (Å²) in [6.45, 7) is 0. The first kappa shape index (κ1) is 10.7. The average Bonchev–Trinajstić information content (AvgIpc) is 2.77. The summed E-state index contributed by atoms with van der Waals surface area (Å²) in [5.74, 6) is 1.37. The van der Waals surface area contributed by atoms with Gasteiger partial charge >= 0.3 is 0 Å². The second kappa shape index (κ2) is 4.11. The van der Waals surface area contributed by atoms with Crippen LogP contribution in [0.5, 0.6) is 0 Å². The van der Waals surface area contributed by atoms with Gasteiger partial charge in [0.1, 0.15) is 5.82 Å². The van der Waals surface area contributed by atoms with Crippen LogP contribution < -0.4 is 5.73 Å². The molecule has 0 saturated heterocycles. The van der Waals surface area contributed by atoms with Crippen molar-refractivity contribution in [3.05, 3.63) is 40.0 Å². The van der Waals surface area contributed by atoms with Crippen LogP contribution in [0.25, 0.3) is 11.4 Å². The molecule has 2 N–H and O–H groups in total. The highest BCUT2D eigenvalue weighted by molar-refractivity contribution is 9.10. The van der Waals surface area contributed by atoms with Crippen molar-refractivity contribution in [3.63, 3.8) is 0 Å². The van der Waals surface area contributed by atoms with Gasteiger partial charge in [0.2, 0.25) is 0 Å². The summed E-state index contributed by atoms with van der Waals surface area (Å²) in [5, 5.41) is 0. The molecule has 0 unspecified atom stereocenters. The summed E-state index contributed by atoms with van der Waals surface area (Å²) in [7, 11) is 0. The van der Waals surface area contributed by atoms with Gasteiger partial charge in [0.05, 0.1) is 0 Å². The summed E-state index contributed by atoms with van der Waals surface area (Å²) >= 11 is 3.45. The molecule has 86 valence electrons. The number of aryl methyl sites for hydroxylation is 1. The summed E-state index contributed by atoms with van der Waals surface area (Å²) in [5.41, 5.74) is 9.25. The number of hydrogen-bond acceptors (Lipinski definition) is 3. The van der Waals surface area contributed by atoms with E-state index in [0.717, 1.165) is 46.4 Å². The van der Waals surface area contributed by atoms with Gasteiger partial charge in [-0.3, -0.25) is 0 Å². The topological polar surface area (TPSA) is 51.8 Å². The summed E-state index contributed by atoms with van der Waals surface area (Å²) in [4.78, 5) is 9.02. The molecule has 17 heavy (non-hydrogen) atoms. The molecule has 0 aliphatic heterocycles. The van der Waals surface area contributed by atoms with E-state index in [9.17, 15) is 0 Å². The number of nitrogens with two attached hydrogens (primary N) is 1. The van der Waals surface area contributed by atoms with E-state index in [1.165, 1.54) is 0 Å². The summed E-state index contributed by atoms with van der Waals surface area (Å²) < 4.78 is 1.03. The summed E-state index contributed by atoms with van der Waals surface area (Å²) in [6, 6.07) is 7.98. The number of rotatable bonds is 1. The Morgan fingerprint density at radius 1 is 1.18 bits per heavy atom. The van der Waals surface area contributed by atoms with Crippen LogP contribution in [-0.4, -0.2) is 9.97 Å². The fraction of sp³-hybridized carbons (Fsp3) is 0.231. The van der Waals surface area contributed by atoms with Crippen molar-refractivity contribution in [3.8, 4) is 11.4 Å². The van der Waals surface area contributed by atoms with Gasteiger partial charge in [0.25, 0.3) is 0 Å². The van der Waals surface area contributed by atoms with Gasteiger partial charge in [0.15, 0.2) is 5.82 Å². The highest BCUT2D eigenvalue weighted by Gasteiger charge is 2.18. The van der Waals surface area contributed by atoms with Crippen LogP contribution in [0.1, 0.15) is 17.7 Å². The second-order valence-electron chi connectivity index (χ2n) is 4.22. The van der Waals surface area contributed by atoms with Crippen molar-refractivity contribution in [1.82, 2.24) is 9.97 Å². The van der Waals surface area contributed by atoms with Crippen LogP contribution in [-0.2, 0) is 12.8 Å². The first-order chi connectivity index (χ1) is 8.24. The molecular formula is C13H12BrN3. The molecule has 0 bridgehead atoms. The lowest BCUT2D eigenvalue weighted by atomic mass is 10.2. The van der Waals surface area contributed by atoms with E-state index in [1.54, 1.807) is 0 Å². The maximum Gasteiger partial charge on any atom is 0.161 e. The molecule has 4 heteroatoms. The van der Waals surface area contributed by atoms with Crippen LogP contribution in [0.15, 0.2) is 28.7 Å². The van der Waals surface area contributed by atoms with E-state index >= 15 is 0 Å². The van der Waals surface area contributed by atoms with Crippen LogP contribution in [0.2, 0.25) is 0 Å². The monoisotopic (exact) mass is 289 g/mol. The Bertz CT molecular complexity index is 581. The Morgan fingerprint density at radius 2 is 2.06 bits per heavy atom. The lowest BCUT2D eigenvalue weighted by Gasteiger charge is -2.06. The molecule has 0 fully saturated rings. The van der Waals surface area contributed by atoms with E-state index < -0.39 is 0 Å². The minimum Gasteiger partial charge on any atom is -0.383 e. The minimum absolute atomic E-state index is 0.641. The van der Waals surface area contributed by atoms with Gasteiger partial charge in [-0.25, -0.2) is 9.97 Å². The molecule has 0 radical (unpaired) electrons. The molecule has 0 saturated carbocycles. The molecule has 1 heterocycles. The van der Waals surface area contributed by atoms with Crippen molar-refractivity contribution in [2.45, 2.75) is 19.3 Å². The number of aromatic nitrogens is 2. The molecule has 0 spiro atoms. The predicted molar refractivity (Wildman–Crippen MR) is 71.6 cm³/mol. The zero-order chi connectivity index (χ0) is 11.8. The third-order valence-corrected chi connectivity index (χ3v) is 3.54. The predicted octanol–water partition coefficient (Wildman–Crippen LogP) is 2.98. The number of nitrogens with zero attached hydrogens (tertiary/aromatic N) is 2. The van der Waals surface area contributed by atoms with Crippen LogP contribution >= 0.6 is 15.9 Å². The molecule has 0 atom stereocenters. The average molecular weight is 290 g/mol. The Labute approximate surface area is 108 Å². The van der Waals surface area contributed by atoms with Gasteiger partial charge < -0.3 is 5.73 Å². The molecule has 0 amide bonds. The van der Waals surface area contributed by atoms with E-state index in [2.05, 4.69) is 25.9 Å². The number of hydrogen-bond donors (Lipinski definition) is 1. The van der Waals surface area contributed by atoms with Crippen LogP contribution in [0, 0.1) is 0 Å². The lowest BCUT2D eigenvalue weighted by Crippen LogP contribution is -2.02. The Hall–Kier alpha value is -1.42. The SMILES string of the molecule is Nc1nc(-c2cccc(Br)c2)nc2c1CCC2. The van der Waals surface area contributed by atoms with Crippen LogP contribution in [0.3, 0.4) is 0 Å². The highest BCUT2D eigenvalue weighted by Crippen LogP contribution is 2.28. The van der Waals surface area contributed by atoms with E-state index in [4.69, 9.17) is 5.73 Å². The normalized spacial score (nSPS) is 13.7. The third-order valence-electron chi connectivity index (χ3n) is 3.05. The van der Waals surface area contributed by atoms with Gasteiger partial charge in [-0.2, -0.15) is 0 Å². The molecule has 1 aliphatic carbocycles. The lowest BCUT2D eigenvalue weighted by molar-refractivity contribution is 0.900. The number of anilines is 1. The van der Waals surface area contributed by atoms with Gasteiger partial charge in [-0.15, -0.1) is 0 Å². The van der Waals surface area contributed by atoms with Crippen LogP contribution in [0.4, 0.5) is 5.82 Å². The summed E-state index contributed by atoms with van der Waals surface area (Å²) in [6.07, 6.45) is 3.17. The Balaban J connectivity index is 2.13. The largest absolute Gasteiger partial charge is 0.383 e. The maximum absolute atomic E-state index is 5.99. The van der Waals surface area contributed by atoms with Crippen molar-refractivity contribution in [1.29, 1.82) is 0 Å². The fourth-order valence-electron chi connectivity index (χ4n) is 2.22.